The molecule has 0 unspecified atom stereocenters. The van der Waals surface area contributed by atoms with Crippen LogP contribution in [0.4, 0.5) is 20.2 Å². The van der Waals surface area contributed by atoms with Crippen molar-refractivity contribution in [3.05, 3.63) is 89.0 Å². The molecule has 3 aromatic rings. The van der Waals surface area contributed by atoms with E-state index < -0.39 is 34.1 Å². The largest absolute Gasteiger partial charge is 0.324 e. The minimum atomic E-state index is -4.23. The van der Waals surface area contributed by atoms with Gasteiger partial charge in [-0.3, -0.25) is 9.10 Å². The zero-order valence-electron chi connectivity index (χ0n) is 15.8. The molecule has 0 fully saturated rings. The molecular formula is C21H17ClF2N2O3S. The van der Waals surface area contributed by atoms with E-state index in [1.807, 2.05) is 0 Å². The highest BCUT2D eigenvalue weighted by Crippen LogP contribution is 2.25. The topological polar surface area (TPSA) is 66.5 Å². The molecule has 0 aromatic heterocycles. The van der Waals surface area contributed by atoms with Crippen LogP contribution in [0.2, 0.25) is 5.02 Å². The zero-order valence-corrected chi connectivity index (χ0v) is 17.3. The number of amides is 1. The summed E-state index contributed by atoms with van der Waals surface area (Å²) in [4.78, 5) is 12.4. The van der Waals surface area contributed by atoms with Crippen LogP contribution >= 0.6 is 11.6 Å². The number of hydrogen-bond acceptors (Lipinski definition) is 3. The third-order valence-corrected chi connectivity index (χ3v) is 6.45. The van der Waals surface area contributed by atoms with E-state index in [0.717, 1.165) is 46.3 Å². The Bertz CT molecular complexity index is 1170. The molecule has 0 saturated carbocycles. The van der Waals surface area contributed by atoms with Gasteiger partial charge in [0.05, 0.1) is 10.6 Å². The number of carbonyl (C=O) groups excluding carboxylic acids is 1. The molecule has 0 spiro atoms. The summed E-state index contributed by atoms with van der Waals surface area (Å²) in [7, 11) is -4.23. The lowest BCUT2D eigenvalue weighted by molar-refractivity contribution is -0.114. The van der Waals surface area contributed by atoms with Crippen LogP contribution in [-0.4, -0.2) is 20.9 Å². The SMILES string of the molecule is Cc1ccc(NC(=O)CN(c2ccc(F)cc2)S(=O)(=O)c2ccc(F)cc2)cc1Cl. The van der Waals surface area contributed by atoms with Crippen LogP contribution in [0, 0.1) is 18.6 Å². The first-order chi connectivity index (χ1) is 14.2. The van der Waals surface area contributed by atoms with E-state index in [-0.39, 0.29) is 10.6 Å². The van der Waals surface area contributed by atoms with Gasteiger partial charge in [0.25, 0.3) is 10.0 Å². The molecule has 3 rings (SSSR count). The fraction of sp³-hybridized carbons (Fsp3) is 0.0952. The third kappa shape index (κ3) is 4.95. The predicted molar refractivity (Wildman–Crippen MR) is 112 cm³/mol. The van der Waals surface area contributed by atoms with E-state index in [0.29, 0.717) is 10.7 Å². The summed E-state index contributed by atoms with van der Waals surface area (Å²) in [5.74, 6) is -1.79. The summed E-state index contributed by atoms with van der Waals surface area (Å²) < 4.78 is 53.6. The lowest BCUT2D eigenvalue weighted by atomic mass is 10.2. The van der Waals surface area contributed by atoms with Crippen molar-refractivity contribution < 1.29 is 22.0 Å². The Hall–Kier alpha value is -2.97. The molecule has 0 aliphatic carbocycles. The van der Waals surface area contributed by atoms with Crippen molar-refractivity contribution in [2.24, 2.45) is 0 Å². The molecule has 9 heteroatoms. The molecule has 5 nitrogen and oxygen atoms in total. The Morgan fingerprint density at radius 2 is 1.53 bits per heavy atom. The second-order valence-corrected chi connectivity index (χ2v) is 8.72. The van der Waals surface area contributed by atoms with Crippen molar-refractivity contribution >= 4 is 38.9 Å². The summed E-state index contributed by atoms with van der Waals surface area (Å²) in [5.41, 5.74) is 1.30. The van der Waals surface area contributed by atoms with E-state index in [4.69, 9.17) is 11.6 Å². The van der Waals surface area contributed by atoms with Crippen LogP contribution in [-0.2, 0) is 14.8 Å². The summed E-state index contributed by atoms with van der Waals surface area (Å²) in [5, 5.41) is 3.04. The maximum absolute atomic E-state index is 13.3. The van der Waals surface area contributed by atoms with Gasteiger partial charge < -0.3 is 5.32 Å². The molecule has 156 valence electrons. The second kappa shape index (κ2) is 8.81. The van der Waals surface area contributed by atoms with E-state index in [1.54, 1.807) is 25.1 Å². The number of sulfonamides is 1. The number of carbonyl (C=O) groups is 1. The van der Waals surface area contributed by atoms with Gasteiger partial charge in [-0.05, 0) is 73.2 Å². The van der Waals surface area contributed by atoms with Gasteiger partial charge in [0.1, 0.15) is 18.2 Å². The van der Waals surface area contributed by atoms with E-state index >= 15 is 0 Å². The van der Waals surface area contributed by atoms with Crippen LogP contribution in [0.25, 0.3) is 0 Å². The molecule has 0 atom stereocenters. The Kier molecular flexibility index (Phi) is 6.38. The van der Waals surface area contributed by atoms with Gasteiger partial charge in [0.2, 0.25) is 5.91 Å². The van der Waals surface area contributed by atoms with Crippen molar-refractivity contribution in [1.29, 1.82) is 0 Å². The standard InChI is InChI=1S/C21H17ClF2N2O3S/c1-14-2-7-17(12-20(14)22)25-21(27)13-26(18-8-3-15(23)4-9-18)30(28,29)19-10-5-16(24)6-11-19/h2-12H,13H2,1H3,(H,25,27). The van der Waals surface area contributed by atoms with Crippen LogP contribution in [0.15, 0.2) is 71.6 Å². The predicted octanol–water partition coefficient (Wildman–Crippen LogP) is 4.76. The van der Waals surface area contributed by atoms with Gasteiger partial charge in [-0.2, -0.15) is 0 Å². The summed E-state index contributed by atoms with van der Waals surface area (Å²) in [6, 6.07) is 13.7. The van der Waals surface area contributed by atoms with Gasteiger partial charge in [0.15, 0.2) is 0 Å². The molecule has 30 heavy (non-hydrogen) atoms. The number of anilines is 2. The minimum absolute atomic E-state index is 0.0813. The van der Waals surface area contributed by atoms with Crippen molar-refractivity contribution in [3.63, 3.8) is 0 Å². The number of halogens is 3. The van der Waals surface area contributed by atoms with E-state index in [1.165, 1.54) is 12.1 Å². The molecule has 0 radical (unpaired) electrons. The van der Waals surface area contributed by atoms with Crippen LogP contribution < -0.4 is 9.62 Å². The summed E-state index contributed by atoms with van der Waals surface area (Å²) >= 11 is 6.06. The molecule has 3 aromatic carbocycles. The number of rotatable bonds is 6. The molecule has 1 amide bonds. The molecule has 0 aliphatic heterocycles. The van der Waals surface area contributed by atoms with Crippen LogP contribution in [0.3, 0.4) is 0 Å². The number of nitrogens with zero attached hydrogens (tertiary/aromatic N) is 1. The molecule has 0 saturated heterocycles. The third-order valence-electron chi connectivity index (χ3n) is 4.26. The zero-order chi connectivity index (χ0) is 21.9. The number of nitrogens with one attached hydrogen (secondary N) is 1. The number of aryl methyl sites for hydroxylation is 1. The van der Waals surface area contributed by atoms with Crippen molar-refractivity contribution in [1.82, 2.24) is 0 Å². The normalized spacial score (nSPS) is 11.2. The second-order valence-electron chi connectivity index (χ2n) is 6.45. The molecular weight excluding hydrogens is 434 g/mol. The van der Waals surface area contributed by atoms with Crippen molar-refractivity contribution in [2.75, 3.05) is 16.2 Å². The van der Waals surface area contributed by atoms with Gasteiger partial charge in [-0.25, -0.2) is 17.2 Å². The van der Waals surface area contributed by atoms with Crippen LogP contribution in [0.5, 0.6) is 0 Å². The number of benzene rings is 3. The van der Waals surface area contributed by atoms with E-state index in [9.17, 15) is 22.0 Å². The molecule has 0 bridgehead atoms. The summed E-state index contributed by atoms with van der Waals surface area (Å²) in [6.45, 7) is 1.22. The highest BCUT2D eigenvalue weighted by atomic mass is 35.5. The lowest BCUT2D eigenvalue weighted by Crippen LogP contribution is -2.38. The highest BCUT2D eigenvalue weighted by molar-refractivity contribution is 7.92. The maximum atomic E-state index is 13.3. The highest BCUT2D eigenvalue weighted by Gasteiger charge is 2.27. The van der Waals surface area contributed by atoms with Crippen molar-refractivity contribution in [3.8, 4) is 0 Å². The van der Waals surface area contributed by atoms with Gasteiger partial charge in [0, 0.05) is 10.7 Å². The number of hydrogen-bond donors (Lipinski definition) is 1. The van der Waals surface area contributed by atoms with Gasteiger partial charge in [-0.1, -0.05) is 17.7 Å². The lowest BCUT2D eigenvalue weighted by Gasteiger charge is -2.24. The molecule has 0 heterocycles. The van der Waals surface area contributed by atoms with Gasteiger partial charge >= 0.3 is 0 Å². The minimum Gasteiger partial charge on any atom is -0.324 e. The Labute approximate surface area is 178 Å². The maximum Gasteiger partial charge on any atom is 0.264 e. The fourth-order valence-corrected chi connectivity index (χ4v) is 4.26. The first-order valence-electron chi connectivity index (χ1n) is 8.77. The van der Waals surface area contributed by atoms with Gasteiger partial charge in [-0.15, -0.1) is 0 Å². The van der Waals surface area contributed by atoms with E-state index in [2.05, 4.69) is 5.32 Å². The average Bonchev–Trinajstić information content (AvgIpc) is 2.70. The molecule has 1 N–H and O–H groups in total. The monoisotopic (exact) mass is 450 g/mol. The van der Waals surface area contributed by atoms with Crippen molar-refractivity contribution in [2.45, 2.75) is 11.8 Å². The Morgan fingerprint density at radius 3 is 2.10 bits per heavy atom. The fourth-order valence-electron chi connectivity index (χ4n) is 2.66. The Morgan fingerprint density at radius 1 is 0.967 bits per heavy atom. The Balaban J connectivity index is 1.93. The smallest absolute Gasteiger partial charge is 0.264 e. The van der Waals surface area contributed by atoms with Crippen LogP contribution in [0.1, 0.15) is 5.56 Å². The quantitative estimate of drug-likeness (QED) is 0.588. The summed E-state index contributed by atoms with van der Waals surface area (Å²) in [6.07, 6.45) is 0. The first kappa shape index (κ1) is 21.7. The molecule has 0 aliphatic rings. The average molecular weight is 451 g/mol. The first-order valence-corrected chi connectivity index (χ1v) is 10.6.